The quantitative estimate of drug-likeness (QED) is 0.933. The van der Waals surface area contributed by atoms with Crippen LogP contribution in [-0.4, -0.2) is 18.5 Å². The summed E-state index contributed by atoms with van der Waals surface area (Å²) in [5, 5.41) is 10.4. The van der Waals surface area contributed by atoms with E-state index in [2.05, 4.69) is 19.1 Å². The van der Waals surface area contributed by atoms with Crippen LogP contribution in [0.15, 0.2) is 36.4 Å². The second-order valence-electron chi connectivity index (χ2n) is 6.06. The van der Waals surface area contributed by atoms with Gasteiger partial charge < -0.3 is 19.3 Å². The average molecular weight is 312 g/mol. The van der Waals surface area contributed by atoms with Gasteiger partial charge in [0.15, 0.2) is 11.5 Å². The minimum absolute atomic E-state index is 0.176. The van der Waals surface area contributed by atoms with E-state index < -0.39 is 6.10 Å². The zero-order chi connectivity index (χ0) is 15.8. The molecule has 2 aromatic rings. The minimum atomic E-state index is -0.453. The Balaban J connectivity index is 1.66. The second-order valence-corrected chi connectivity index (χ2v) is 6.06. The highest BCUT2D eigenvalue weighted by atomic mass is 16.7. The molecule has 0 spiro atoms. The van der Waals surface area contributed by atoms with Crippen molar-refractivity contribution in [1.82, 2.24) is 0 Å². The molecule has 23 heavy (non-hydrogen) atoms. The number of benzene rings is 2. The summed E-state index contributed by atoms with van der Waals surface area (Å²) in [6.07, 6.45) is 1.21. The van der Waals surface area contributed by atoms with Gasteiger partial charge in [0.25, 0.3) is 0 Å². The van der Waals surface area contributed by atoms with Crippen molar-refractivity contribution in [3.05, 3.63) is 53.1 Å². The van der Waals surface area contributed by atoms with Crippen molar-refractivity contribution in [1.29, 1.82) is 0 Å². The Morgan fingerprint density at radius 1 is 1.09 bits per heavy atom. The molecule has 1 heterocycles. The first kappa shape index (κ1) is 14.4. The Bertz CT molecular complexity index is 725. The summed E-state index contributed by atoms with van der Waals surface area (Å²) in [7, 11) is 0. The van der Waals surface area contributed by atoms with Gasteiger partial charge in [-0.25, -0.2) is 0 Å². The van der Waals surface area contributed by atoms with Gasteiger partial charge >= 0.3 is 0 Å². The third-order valence-corrected chi connectivity index (χ3v) is 4.52. The Morgan fingerprint density at radius 2 is 1.96 bits per heavy atom. The summed E-state index contributed by atoms with van der Waals surface area (Å²) in [5.74, 6) is 2.58. The summed E-state index contributed by atoms with van der Waals surface area (Å²) < 4.78 is 16.5. The van der Waals surface area contributed by atoms with E-state index >= 15 is 0 Å². The van der Waals surface area contributed by atoms with Gasteiger partial charge in [-0.2, -0.15) is 0 Å². The molecule has 0 saturated heterocycles. The first-order chi connectivity index (χ1) is 11.3. The molecule has 0 bridgehead atoms. The summed E-state index contributed by atoms with van der Waals surface area (Å²) in [4.78, 5) is 0. The number of aliphatic hydroxyl groups is 1. The van der Waals surface area contributed by atoms with Gasteiger partial charge in [-0.1, -0.05) is 19.1 Å². The smallest absolute Gasteiger partial charge is 0.231 e. The van der Waals surface area contributed by atoms with E-state index in [9.17, 15) is 5.11 Å². The van der Waals surface area contributed by atoms with Gasteiger partial charge in [0.2, 0.25) is 6.79 Å². The number of ether oxygens (including phenoxy) is 3. The Labute approximate surface area is 135 Å². The summed E-state index contributed by atoms with van der Waals surface area (Å²) in [6, 6.07) is 12.1. The predicted molar refractivity (Wildman–Crippen MR) is 86.2 cm³/mol. The molecule has 2 aliphatic rings. The minimum Gasteiger partial charge on any atom is -0.494 e. The van der Waals surface area contributed by atoms with Gasteiger partial charge in [-0.05, 0) is 53.8 Å². The van der Waals surface area contributed by atoms with E-state index in [1.807, 2.05) is 24.3 Å². The lowest BCUT2D eigenvalue weighted by Crippen LogP contribution is -1.98. The fourth-order valence-corrected chi connectivity index (χ4v) is 3.39. The van der Waals surface area contributed by atoms with Crippen molar-refractivity contribution < 1.29 is 19.3 Å². The summed E-state index contributed by atoms with van der Waals surface area (Å²) in [5.41, 5.74) is 3.29. The highest BCUT2D eigenvalue weighted by Crippen LogP contribution is 2.47. The lowest BCUT2D eigenvalue weighted by molar-refractivity contribution is 0.173. The lowest BCUT2D eigenvalue weighted by Gasteiger charge is -2.13. The lowest BCUT2D eigenvalue weighted by atomic mass is 9.92. The molecular formula is C19H20O4. The summed E-state index contributed by atoms with van der Waals surface area (Å²) >= 11 is 0. The molecule has 2 aromatic carbocycles. The molecule has 4 rings (SSSR count). The van der Waals surface area contributed by atoms with Crippen molar-refractivity contribution in [3.8, 4) is 17.2 Å². The van der Waals surface area contributed by atoms with Gasteiger partial charge in [-0.3, -0.25) is 0 Å². The normalized spacial score (nSPS) is 21.3. The second kappa shape index (κ2) is 5.78. The van der Waals surface area contributed by atoms with E-state index in [-0.39, 0.29) is 12.7 Å². The van der Waals surface area contributed by atoms with E-state index in [1.165, 1.54) is 5.56 Å². The standard InChI is InChI=1S/C19H20O4/c1-2-7-21-13-4-5-14-15(10-17(20)16(14)9-13)12-3-6-18-19(8-12)23-11-22-18/h3-6,8-9,15,17,20H,2,7,10-11H2,1H3/t15-,17-/m0/s1. The van der Waals surface area contributed by atoms with E-state index in [4.69, 9.17) is 14.2 Å². The monoisotopic (exact) mass is 312 g/mol. The molecule has 4 nitrogen and oxygen atoms in total. The highest BCUT2D eigenvalue weighted by Gasteiger charge is 2.32. The van der Waals surface area contributed by atoms with E-state index in [1.54, 1.807) is 0 Å². The number of hydrogen-bond donors (Lipinski definition) is 1. The van der Waals surface area contributed by atoms with Gasteiger partial charge in [0, 0.05) is 5.92 Å². The van der Waals surface area contributed by atoms with Gasteiger partial charge in [0.1, 0.15) is 5.75 Å². The molecule has 4 heteroatoms. The fraction of sp³-hybridized carbons (Fsp3) is 0.368. The van der Waals surface area contributed by atoms with Crippen molar-refractivity contribution in [2.45, 2.75) is 31.8 Å². The first-order valence-electron chi connectivity index (χ1n) is 8.10. The maximum atomic E-state index is 10.4. The molecule has 0 unspecified atom stereocenters. The van der Waals surface area contributed by atoms with E-state index in [0.29, 0.717) is 13.0 Å². The Kier molecular flexibility index (Phi) is 3.62. The van der Waals surface area contributed by atoms with Crippen LogP contribution in [0.25, 0.3) is 0 Å². The van der Waals surface area contributed by atoms with Crippen LogP contribution in [0.2, 0.25) is 0 Å². The predicted octanol–water partition coefficient (Wildman–Crippen LogP) is 3.77. The van der Waals surface area contributed by atoms with Crippen molar-refractivity contribution in [2.24, 2.45) is 0 Å². The molecule has 120 valence electrons. The molecule has 2 atom stereocenters. The number of rotatable bonds is 4. The van der Waals surface area contributed by atoms with Gasteiger partial charge in [-0.15, -0.1) is 0 Å². The van der Waals surface area contributed by atoms with Crippen molar-refractivity contribution >= 4 is 0 Å². The van der Waals surface area contributed by atoms with Crippen molar-refractivity contribution in [2.75, 3.05) is 13.4 Å². The zero-order valence-electron chi connectivity index (χ0n) is 13.1. The molecule has 0 aromatic heterocycles. The van der Waals surface area contributed by atoms with Crippen LogP contribution < -0.4 is 14.2 Å². The van der Waals surface area contributed by atoms with Crippen LogP contribution in [0.1, 0.15) is 48.5 Å². The Morgan fingerprint density at radius 3 is 2.83 bits per heavy atom. The van der Waals surface area contributed by atoms with Crippen LogP contribution in [0.4, 0.5) is 0 Å². The molecule has 1 N–H and O–H groups in total. The van der Waals surface area contributed by atoms with E-state index in [0.717, 1.165) is 34.8 Å². The van der Waals surface area contributed by atoms with Crippen LogP contribution >= 0.6 is 0 Å². The molecule has 0 fully saturated rings. The van der Waals surface area contributed by atoms with Crippen molar-refractivity contribution in [3.63, 3.8) is 0 Å². The summed E-state index contributed by atoms with van der Waals surface area (Å²) in [6.45, 7) is 3.05. The number of fused-ring (bicyclic) bond motifs is 2. The zero-order valence-corrected chi connectivity index (χ0v) is 13.1. The van der Waals surface area contributed by atoms with Crippen LogP contribution in [-0.2, 0) is 0 Å². The molecule has 0 amide bonds. The molecular weight excluding hydrogens is 292 g/mol. The Hall–Kier alpha value is -2.20. The SMILES string of the molecule is CCCOc1ccc2c(c1)[C@@H](O)C[C@H]2c1ccc2c(c1)OCO2. The van der Waals surface area contributed by atoms with Crippen LogP contribution in [0.5, 0.6) is 17.2 Å². The molecule has 1 aliphatic heterocycles. The number of aliphatic hydroxyl groups excluding tert-OH is 1. The third-order valence-electron chi connectivity index (χ3n) is 4.52. The highest BCUT2D eigenvalue weighted by molar-refractivity contribution is 5.51. The van der Waals surface area contributed by atoms with Crippen LogP contribution in [0.3, 0.4) is 0 Å². The van der Waals surface area contributed by atoms with Gasteiger partial charge in [0.05, 0.1) is 12.7 Å². The molecule has 0 radical (unpaired) electrons. The maximum absolute atomic E-state index is 10.4. The molecule has 0 saturated carbocycles. The third kappa shape index (κ3) is 2.53. The number of hydrogen-bond acceptors (Lipinski definition) is 4. The first-order valence-corrected chi connectivity index (χ1v) is 8.10. The molecule has 1 aliphatic carbocycles. The van der Waals surface area contributed by atoms with Crippen LogP contribution in [0, 0.1) is 0 Å². The fourth-order valence-electron chi connectivity index (χ4n) is 3.39. The average Bonchev–Trinajstić information content (AvgIpc) is 3.17. The topological polar surface area (TPSA) is 47.9 Å². The maximum Gasteiger partial charge on any atom is 0.231 e. The largest absolute Gasteiger partial charge is 0.494 e.